The first kappa shape index (κ1) is 23.0. The summed E-state index contributed by atoms with van der Waals surface area (Å²) in [5.74, 6) is -1.74. The highest BCUT2D eigenvalue weighted by Gasteiger charge is 1.99. The number of carboxylic acid groups (broad SMARTS) is 2. The Balaban J connectivity index is -0.000000242. The molecule has 1 aliphatic carbocycles. The lowest BCUT2D eigenvalue weighted by Gasteiger charge is -1.92. The largest absolute Gasteiger partial charge is 0.481 e. The summed E-state index contributed by atoms with van der Waals surface area (Å²) in [6, 6.07) is 1.69. The summed E-state index contributed by atoms with van der Waals surface area (Å²) in [4.78, 5) is 19.8. The summed E-state index contributed by atoms with van der Waals surface area (Å²) in [5, 5.41) is 23.8. The van der Waals surface area contributed by atoms with Gasteiger partial charge in [0.25, 0.3) is 0 Å². The number of nitriles is 1. The SMILES string of the molecule is C.C1=CCCC1.C=CC#N.O=C(O)CCCCC(=O)O. The molecule has 0 saturated carbocycles. The first-order chi connectivity index (χ1) is 9.04. The maximum atomic E-state index is 9.90. The Bertz CT molecular complexity index is 307. The van der Waals surface area contributed by atoms with E-state index in [0.29, 0.717) is 12.8 Å². The van der Waals surface area contributed by atoms with Gasteiger partial charge < -0.3 is 10.2 Å². The van der Waals surface area contributed by atoms with Crippen LogP contribution in [0.3, 0.4) is 0 Å². The average Bonchev–Trinajstić information content (AvgIpc) is 2.93. The molecule has 0 aromatic heterocycles. The number of hydrogen-bond acceptors (Lipinski definition) is 3. The van der Waals surface area contributed by atoms with Crippen molar-refractivity contribution >= 4 is 11.9 Å². The Morgan fingerprint density at radius 2 is 1.50 bits per heavy atom. The van der Waals surface area contributed by atoms with Gasteiger partial charge in [0.1, 0.15) is 0 Å². The number of nitrogens with zero attached hydrogens (tertiary/aromatic N) is 1. The Morgan fingerprint density at radius 3 is 1.65 bits per heavy atom. The quantitative estimate of drug-likeness (QED) is 0.454. The molecule has 0 unspecified atom stereocenters. The maximum Gasteiger partial charge on any atom is 0.303 e. The molecule has 0 atom stereocenters. The topological polar surface area (TPSA) is 98.4 Å². The molecule has 0 aliphatic heterocycles. The lowest BCUT2D eigenvalue weighted by molar-refractivity contribution is -0.139. The van der Waals surface area contributed by atoms with Crippen LogP contribution in [0.25, 0.3) is 0 Å². The summed E-state index contributed by atoms with van der Waals surface area (Å²) in [6.07, 6.45) is 10.7. The highest BCUT2D eigenvalue weighted by molar-refractivity contribution is 5.67. The molecular formula is C15H25NO4. The van der Waals surface area contributed by atoms with Crippen LogP contribution in [0.2, 0.25) is 0 Å². The van der Waals surface area contributed by atoms with E-state index in [-0.39, 0.29) is 20.3 Å². The van der Waals surface area contributed by atoms with Gasteiger partial charge in [-0.2, -0.15) is 5.26 Å². The van der Waals surface area contributed by atoms with Gasteiger partial charge in [-0.15, -0.1) is 0 Å². The smallest absolute Gasteiger partial charge is 0.303 e. The van der Waals surface area contributed by atoms with E-state index in [9.17, 15) is 9.59 Å². The van der Waals surface area contributed by atoms with Crippen molar-refractivity contribution in [1.82, 2.24) is 0 Å². The monoisotopic (exact) mass is 283 g/mol. The molecule has 0 aromatic carbocycles. The van der Waals surface area contributed by atoms with Crippen molar-refractivity contribution in [2.24, 2.45) is 0 Å². The van der Waals surface area contributed by atoms with Gasteiger partial charge in [0.05, 0.1) is 6.07 Å². The van der Waals surface area contributed by atoms with Crippen LogP contribution in [0.5, 0.6) is 0 Å². The third-order valence-electron chi connectivity index (χ3n) is 2.03. The second-order valence-electron chi connectivity index (χ2n) is 3.73. The molecule has 5 heteroatoms. The molecule has 20 heavy (non-hydrogen) atoms. The molecule has 0 bridgehead atoms. The molecule has 0 heterocycles. The third kappa shape index (κ3) is 29.7. The molecule has 114 valence electrons. The molecular weight excluding hydrogens is 258 g/mol. The van der Waals surface area contributed by atoms with Crippen LogP contribution >= 0.6 is 0 Å². The maximum absolute atomic E-state index is 9.90. The van der Waals surface area contributed by atoms with E-state index in [1.165, 1.54) is 25.3 Å². The number of rotatable bonds is 5. The first-order valence-corrected chi connectivity index (χ1v) is 6.13. The van der Waals surface area contributed by atoms with E-state index >= 15 is 0 Å². The molecule has 0 spiro atoms. The van der Waals surface area contributed by atoms with Crippen LogP contribution in [-0.4, -0.2) is 22.2 Å². The molecule has 0 aromatic rings. The second-order valence-corrected chi connectivity index (χ2v) is 3.73. The van der Waals surface area contributed by atoms with E-state index in [1.807, 2.05) is 0 Å². The highest BCUT2D eigenvalue weighted by Crippen LogP contribution is 2.05. The minimum Gasteiger partial charge on any atom is -0.481 e. The molecule has 0 radical (unpaired) electrons. The Hall–Kier alpha value is -2.09. The number of aliphatic carboxylic acids is 2. The molecule has 0 fully saturated rings. The average molecular weight is 283 g/mol. The van der Waals surface area contributed by atoms with Gasteiger partial charge in [-0.25, -0.2) is 0 Å². The highest BCUT2D eigenvalue weighted by atomic mass is 16.4. The van der Waals surface area contributed by atoms with Crippen LogP contribution in [0.15, 0.2) is 24.8 Å². The fourth-order valence-electron chi connectivity index (χ4n) is 1.14. The van der Waals surface area contributed by atoms with E-state index in [0.717, 1.165) is 0 Å². The standard InChI is InChI=1S/C6H10O4.C5H8.C3H3N.CH4/c7-5(8)3-1-2-4-6(9)10;1-2-4-5-3-1;1-2-3-4;/h1-4H2,(H,7,8)(H,9,10);1-2H,3-5H2;2H,1H2;1H4. The van der Waals surface area contributed by atoms with Crippen LogP contribution < -0.4 is 0 Å². The van der Waals surface area contributed by atoms with Crippen molar-refractivity contribution in [3.8, 4) is 6.07 Å². The predicted octanol–water partition coefficient (Wildman–Crippen LogP) is 3.77. The minimum atomic E-state index is -0.870. The zero-order chi connectivity index (χ0) is 14.9. The number of carbonyl (C=O) groups is 2. The summed E-state index contributed by atoms with van der Waals surface area (Å²) < 4.78 is 0. The molecule has 5 nitrogen and oxygen atoms in total. The second kappa shape index (κ2) is 19.3. The fraction of sp³-hybridized carbons (Fsp3) is 0.533. The zero-order valence-electron chi connectivity index (χ0n) is 11.0. The Labute approximate surface area is 121 Å². The van der Waals surface area contributed by atoms with Crippen LogP contribution in [0.1, 0.15) is 52.4 Å². The van der Waals surface area contributed by atoms with E-state index in [2.05, 4.69) is 18.7 Å². The van der Waals surface area contributed by atoms with Crippen LogP contribution in [0, 0.1) is 11.3 Å². The molecule has 1 aliphatic rings. The van der Waals surface area contributed by atoms with E-state index in [1.54, 1.807) is 6.07 Å². The molecule has 1 rings (SSSR count). The van der Waals surface area contributed by atoms with E-state index < -0.39 is 11.9 Å². The van der Waals surface area contributed by atoms with Crippen molar-refractivity contribution in [3.63, 3.8) is 0 Å². The van der Waals surface area contributed by atoms with Gasteiger partial charge in [-0.1, -0.05) is 26.2 Å². The summed E-state index contributed by atoms with van der Waals surface area (Å²) >= 11 is 0. The molecule has 0 amide bonds. The minimum absolute atomic E-state index is 0. The van der Waals surface area contributed by atoms with Gasteiger partial charge in [0.15, 0.2) is 0 Å². The van der Waals surface area contributed by atoms with Gasteiger partial charge in [0, 0.05) is 18.9 Å². The van der Waals surface area contributed by atoms with Gasteiger partial charge in [-0.3, -0.25) is 9.59 Å². The summed E-state index contributed by atoms with van der Waals surface area (Å²) in [5.41, 5.74) is 0. The van der Waals surface area contributed by atoms with Crippen LogP contribution in [-0.2, 0) is 9.59 Å². The van der Waals surface area contributed by atoms with Crippen molar-refractivity contribution in [2.75, 3.05) is 0 Å². The Kier molecular flexibility index (Phi) is 22.2. The fourth-order valence-corrected chi connectivity index (χ4v) is 1.14. The predicted molar refractivity (Wildman–Crippen MR) is 79.3 cm³/mol. The van der Waals surface area contributed by atoms with Crippen molar-refractivity contribution in [3.05, 3.63) is 24.8 Å². The molecule has 2 N–H and O–H groups in total. The Morgan fingerprint density at radius 1 is 1.15 bits per heavy atom. The first-order valence-electron chi connectivity index (χ1n) is 6.13. The summed E-state index contributed by atoms with van der Waals surface area (Å²) in [6.45, 7) is 3.12. The van der Waals surface area contributed by atoms with Gasteiger partial charge in [0.2, 0.25) is 0 Å². The van der Waals surface area contributed by atoms with Crippen LogP contribution in [0.4, 0.5) is 0 Å². The third-order valence-corrected chi connectivity index (χ3v) is 2.03. The normalized spacial score (nSPS) is 10.6. The van der Waals surface area contributed by atoms with Crippen molar-refractivity contribution < 1.29 is 19.8 Å². The number of unbranched alkanes of at least 4 members (excludes halogenated alkanes) is 1. The van der Waals surface area contributed by atoms with Crippen molar-refractivity contribution in [1.29, 1.82) is 5.26 Å². The number of allylic oxidation sites excluding steroid dienone is 3. The summed E-state index contributed by atoms with van der Waals surface area (Å²) in [7, 11) is 0. The molecule has 0 saturated heterocycles. The van der Waals surface area contributed by atoms with Gasteiger partial charge in [-0.05, 0) is 32.1 Å². The number of carboxylic acids is 2. The van der Waals surface area contributed by atoms with Crippen molar-refractivity contribution in [2.45, 2.75) is 52.4 Å². The lowest BCUT2D eigenvalue weighted by Crippen LogP contribution is -1.97. The lowest BCUT2D eigenvalue weighted by atomic mass is 10.2. The number of hydrogen-bond donors (Lipinski definition) is 2. The van der Waals surface area contributed by atoms with Gasteiger partial charge >= 0.3 is 11.9 Å². The zero-order valence-corrected chi connectivity index (χ0v) is 11.0. The van der Waals surface area contributed by atoms with E-state index in [4.69, 9.17) is 15.5 Å².